The number of pyridine rings is 1. The number of fused-ring (bicyclic) bond motifs is 2. The molecule has 5 rings (SSSR count). The molecule has 0 radical (unpaired) electrons. The van der Waals surface area contributed by atoms with Gasteiger partial charge < -0.3 is 0 Å². The summed E-state index contributed by atoms with van der Waals surface area (Å²) in [4.78, 5) is 17.9. The van der Waals surface area contributed by atoms with E-state index in [-0.39, 0.29) is 11.2 Å². The molecule has 3 aromatic carbocycles. The van der Waals surface area contributed by atoms with Crippen LogP contribution in [0.25, 0.3) is 32.8 Å². The standard InChI is InChI=1S/C25H20N4O3S/c1-29-15-20(14-27-29)19-12-23-24(26-13-19)10-9-18-8-7-17(11-22(18)25(23)30)16-33(31,32)28-21-5-3-2-4-6-21/h2-15,28H,16H2,1H3. The van der Waals surface area contributed by atoms with E-state index in [9.17, 15) is 13.2 Å². The monoisotopic (exact) mass is 456 g/mol. The Morgan fingerprint density at radius 2 is 1.70 bits per heavy atom. The second-order valence-corrected chi connectivity index (χ2v) is 9.59. The molecular weight excluding hydrogens is 436 g/mol. The third-order valence-electron chi connectivity index (χ3n) is 5.39. The van der Waals surface area contributed by atoms with Crippen molar-refractivity contribution in [2.45, 2.75) is 5.75 Å². The zero-order valence-corrected chi connectivity index (χ0v) is 18.6. The van der Waals surface area contributed by atoms with Gasteiger partial charge in [-0.15, -0.1) is 0 Å². The molecule has 0 aliphatic rings. The van der Waals surface area contributed by atoms with Gasteiger partial charge in [0.2, 0.25) is 10.0 Å². The van der Waals surface area contributed by atoms with Gasteiger partial charge in [0.15, 0.2) is 5.43 Å². The van der Waals surface area contributed by atoms with E-state index in [1.54, 1.807) is 65.6 Å². The van der Waals surface area contributed by atoms with Crippen LogP contribution in [0.3, 0.4) is 0 Å². The highest BCUT2D eigenvalue weighted by molar-refractivity contribution is 7.91. The van der Waals surface area contributed by atoms with Crippen LogP contribution in [0.15, 0.2) is 90.1 Å². The fourth-order valence-electron chi connectivity index (χ4n) is 3.81. The molecule has 0 saturated heterocycles. The normalized spacial score (nSPS) is 11.7. The van der Waals surface area contributed by atoms with Gasteiger partial charge in [0.25, 0.3) is 0 Å². The average Bonchev–Trinajstić information content (AvgIpc) is 3.18. The summed E-state index contributed by atoms with van der Waals surface area (Å²) in [6.07, 6.45) is 5.30. The molecule has 2 aromatic heterocycles. The zero-order chi connectivity index (χ0) is 23.0. The SMILES string of the molecule is Cn1cc(-c2cnc3ccc4ccc(CS(=O)(=O)Nc5ccccc5)cc4c(=O)c3c2)cn1. The van der Waals surface area contributed by atoms with E-state index in [4.69, 9.17) is 0 Å². The van der Waals surface area contributed by atoms with Crippen molar-refractivity contribution in [3.8, 4) is 11.1 Å². The van der Waals surface area contributed by atoms with Crippen LogP contribution in [-0.4, -0.2) is 23.2 Å². The number of aromatic nitrogens is 3. The van der Waals surface area contributed by atoms with Gasteiger partial charge >= 0.3 is 0 Å². The Labute approximate surface area is 190 Å². The first kappa shape index (κ1) is 20.8. The number of benzene rings is 2. The minimum atomic E-state index is -3.64. The first-order valence-corrected chi connectivity index (χ1v) is 11.9. The van der Waals surface area contributed by atoms with Gasteiger partial charge in [0.1, 0.15) is 0 Å². The third-order valence-corrected chi connectivity index (χ3v) is 6.65. The minimum absolute atomic E-state index is 0.196. The Hall–Kier alpha value is -4.04. The number of hydrogen-bond acceptors (Lipinski definition) is 5. The van der Waals surface area contributed by atoms with Gasteiger partial charge in [-0.2, -0.15) is 5.10 Å². The van der Waals surface area contributed by atoms with Crippen LogP contribution in [0.1, 0.15) is 5.56 Å². The molecule has 33 heavy (non-hydrogen) atoms. The van der Waals surface area contributed by atoms with Gasteiger partial charge in [0, 0.05) is 47.0 Å². The molecule has 7 nitrogen and oxygen atoms in total. The van der Waals surface area contributed by atoms with Crippen molar-refractivity contribution in [3.05, 3.63) is 101 Å². The number of aryl methyl sites for hydroxylation is 1. The molecule has 8 heteroatoms. The number of anilines is 1. The highest BCUT2D eigenvalue weighted by Gasteiger charge is 2.13. The molecule has 0 aliphatic heterocycles. The Morgan fingerprint density at radius 1 is 0.909 bits per heavy atom. The van der Waals surface area contributed by atoms with Crippen LogP contribution in [0.4, 0.5) is 5.69 Å². The van der Waals surface area contributed by atoms with Crippen molar-refractivity contribution >= 4 is 37.4 Å². The summed E-state index contributed by atoms with van der Waals surface area (Å²) in [7, 11) is -1.82. The second-order valence-electron chi connectivity index (χ2n) is 7.87. The molecule has 5 aromatic rings. The van der Waals surface area contributed by atoms with Crippen molar-refractivity contribution in [2.75, 3.05) is 4.72 Å². The highest BCUT2D eigenvalue weighted by Crippen LogP contribution is 2.23. The fraction of sp³-hybridized carbons (Fsp3) is 0.0800. The summed E-state index contributed by atoms with van der Waals surface area (Å²) in [5.41, 5.74) is 3.05. The predicted octanol–water partition coefficient (Wildman–Crippen LogP) is 4.09. The zero-order valence-electron chi connectivity index (χ0n) is 17.8. The second kappa shape index (κ2) is 8.14. The van der Waals surface area contributed by atoms with E-state index in [0.29, 0.717) is 27.5 Å². The lowest BCUT2D eigenvalue weighted by molar-refractivity contribution is 0.600. The van der Waals surface area contributed by atoms with E-state index < -0.39 is 10.0 Å². The molecule has 2 heterocycles. The summed E-state index contributed by atoms with van der Waals surface area (Å²) in [5, 5.41) is 5.82. The van der Waals surface area contributed by atoms with E-state index in [1.807, 2.05) is 31.4 Å². The number of hydrogen-bond donors (Lipinski definition) is 1. The summed E-state index contributed by atoms with van der Waals surface area (Å²) in [6.45, 7) is 0. The minimum Gasteiger partial charge on any atom is -0.289 e. The van der Waals surface area contributed by atoms with Crippen LogP contribution in [0.2, 0.25) is 0 Å². The molecule has 0 bridgehead atoms. The summed E-state index contributed by atoms with van der Waals surface area (Å²) in [5.74, 6) is -0.243. The molecule has 0 fully saturated rings. The summed E-state index contributed by atoms with van der Waals surface area (Å²) >= 11 is 0. The van der Waals surface area contributed by atoms with E-state index >= 15 is 0 Å². The van der Waals surface area contributed by atoms with Crippen molar-refractivity contribution < 1.29 is 8.42 Å². The maximum Gasteiger partial charge on any atom is 0.236 e. The topological polar surface area (TPSA) is 94.0 Å². The van der Waals surface area contributed by atoms with Gasteiger partial charge in [-0.1, -0.05) is 36.4 Å². The van der Waals surface area contributed by atoms with Gasteiger partial charge in [-0.3, -0.25) is 19.2 Å². The maximum atomic E-state index is 13.5. The maximum absolute atomic E-state index is 13.5. The van der Waals surface area contributed by atoms with Crippen LogP contribution < -0.4 is 10.2 Å². The van der Waals surface area contributed by atoms with Crippen molar-refractivity contribution in [2.24, 2.45) is 7.05 Å². The van der Waals surface area contributed by atoms with Crippen molar-refractivity contribution in [1.82, 2.24) is 14.8 Å². The quantitative estimate of drug-likeness (QED) is 0.430. The van der Waals surface area contributed by atoms with E-state index in [1.165, 1.54) is 0 Å². The molecule has 0 aliphatic carbocycles. The lowest BCUT2D eigenvalue weighted by atomic mass is 10.1. The molecule has 0 spiro atoms. The number of nitrogens with one attached hydrogen (secondary N) is 1. The Balaban J connectivity index is 1.58. The number of nitrogens with zero attached hydrogens (tertiary/aromatic N) is 3. The largest absolute Gasteiger partial charge is 0.289 e. The Morgan fingerprint density at radius 3 is 2.45 bits per heavy atom. The molecule has 0 amide bonds. The number of sulfonamides is 1. The summed E-state index contributed by atoms with van der Waals surface area (Å²) < 4.78 is 29.6. The number of rotatable bonds is 5. The van der Waals surface area contributed by atoms with Gasteiger partial charge in [-0.25, -0.2) is 8.42 Å². The first-order chi connectivity index (χ1) is 15.9. The average molecular weight is 457 g/mol. The smallest absolute Gasteiger partial charge is 0.236 e. The van der Waals surface area contributed by atoms with E-state index in [0.717, 1.165) is 16.5 Å². The van der Waals surface area contributed by atoms with Gasteiger partial charge in [0.05, 0.1) is 17.5 Å². The lowest BCUT2D eigenvalue weighted by Crippen LogP contribution is -2.15. The third kappa shape index (κ3) is 4.33. The number of para-hydroxylation sites is 1. The molecule has 0 atom stereocenters. The van der Waals surface area contributed by atoms with E-state index in [2.05, 4.69) is 14.8 Å². The molecule has 0 saturated carbocycles. The Bertz CT molecular complexity index is 1660. The van der Waals surface area contributed by atoms with Crippen LogP contribution in [-0.2, 0) is 22.8 Å². The first-order valence-electron chi connectivity index (χ1n) is 10.3. The summed E-state index contributed by atoms with van der Waals surface area (Å²) in [6, 6.07) is 19.3. The van der Waals surface area contributed by atoms with Crippen molar-refractivity contribution in [1.29, 1.82) is 0 Å². The lowest BCUT2D eigenvalue weighted by Gasteiger charge is -2.08. The van der Waals surface area contributed by atoms with Crippen molar-refractivity contribution in [3.63, 3.8) is 0 Å². The van der Waals surface area contributed by atoms with Crippen LogP contribution >= 0.6 is 0 Å². The van der Waals surface area contributed by atoms with Gasteiger partial charge in [-0.05, 0) is 41.3 Å². The molecule has 0 unspecified atom stereocenters. The highest BCUT2D eigenvalue weighted by atomic mass is 32.2. The van der Waals surface area contributed by atoms with Crippen LogP contribution in [0, 0.1) is 0 Å². The molecule has 164 valence electrons. The Kier molecular flexibility index (Phi) is 5.14. The predicted molar refractivity (Wildman–Crippen MR) is 130 cm³/mol. The fourth-order valence-corrected chi connectivity index (χ4v) is 4.99. The van der Waals surface area contributed by atoms with Crippen LogP contribution in [0.5, 0.6) is 0 Å². The molecule has 1 N–H and O–H groups in total. The molecular formula is C25H20N4O3S.